The fraction of sp³-hybridized carbons (Fsp3) is 0.615. The van der Waals surface area contributed by atoms with Gasteiger partial charge in [-0.2, -0.15) is 0 Å². The molecular formula is C26H37FN4O2. The normalized spacial score (nSPS) is 26.1. The third-order valence-corrected chi connectivity index (χ3v) is 7.52. The van der Waals surface area contributed by atoms with Gasteiger partial charge in [0.05, 0.1) is 0 Å². The Morgan fingerprint density at radius 3 is 2.67 bits per heavy atom. The van der Waals surface area contributed by atoms with Gasteiger partial charge in [-0.05, 0) is 25.0 Å². The van der Waals surface area contributed by atoms with Crippen LogP contribution in [0.15, 0.2) is 48.2 Å². The Balaban J connectivity index is 1.46. The molecule has 0 N–H and O–H groups in total. The molecule has 0 spiro atoms. The molecule has 0 bridgehead atoms. The highest BCUT2D eigenvalue weighted by molar-refractivity contribution is 5.92. The van der Waals surface area contributed by atoms with Crippen molar-refractivity contribution in [3.63, 3.8) is 0 Å². The molecular weight excluding hydrogens is 419 g/mol. The van der Waals surface area contributed by atoms with Gasteiger partial charge in [-0.1, -0.05) is 43.7 Å². The molecule has 0 saturated carbocycles. The maximum Gasteiger partial charge on any atom is 0.227 e. The molecule has 6 nitrogen and oxygen atoms in total. The zero-order chi connectivity index (χ0) is 23.3. The Bertz CT molecular complexity index is 845. The molecule has 1 amide bonds. The van der Waals surface area contributed by atoms with Crippen molar-refractivity contribution in [2.45, 2.75) is 44.8 Å². The lowest BCUT2D eigenvalue weighted by atomic mass is 9.86. The topological polar surface area (TPSA) is 48.9 Å². The van der Waals surface area contributed by atoms with Crippen LogP contribution in [0.1, 0.15) is 33.1 Å². The fourth-order valence-corrected chi connectivity index (χ4v) is 5.26. The van der Waals surface area contributed by atoms with E-state index in [1.54, 1.807) is 12.3 Å². The van der Waals surface area contributed by atoms with Crippen molar-refractivity contribution in [3.05, 3.63) is 48.2 Å². The number of carbonyl (C=O) groups excluding carboxylic acids is 1. The van der Waals surface area contributed by atoms with Crippen LogP contribution in [0.2, 0.25) is 0 Å². The Kier molecular flexibility index (Phi) is 7.94. The summed E-state index contributed by atoms with van der Waals surface area (Å²) in [6, 6.07) is 5.74. The van der Waals surface area contributed by atoms with E-state index >= 15 is 0 Å². The van der Waals surface area contributed by atoms with E-state index in [0.29, 0.717) is 26.2 Å². The van der Waals surface area contributed by atoms with Gasteiger partial charge in [0.2, 0.25) is 5.91 Å². The molecule has 3 heterocycles. The minimum absolute atomic E-state index is 0.0538. The van der Waals surface area contributed by atoms with Crippen LogP contribution in [0, 0.1) is 5.92 Å². The number of ether oxygens (including phenoxy) is 1. The zero-order valence-electron chi connectivity index (χ0n) is 20.0. The molecule has 2 atom stereocenters. The van der Waals surface area contributed by atoms with Gasteiger partial charge >= 0.3 is 0 Å². The number of pyridine rings is 1. The number of alkyl halides is 1. The van der Waals surface area contributed by atoms with Gasteiger partial charge in [-0.3, -0.25) is 19.5 Å². The average molecular weight is 457 g/mol. The van der Waals surface area contributed by atoms with Crippen LogP contribution in [0.4, 0.5) is 10.2 Å². The van der Waals surface area contributed by atoms with E-state index in [-0.39, 0.29) is 17.4 Å². The van der Waals surface area contributed by atoms with E-state index in [4.69, 9.17) is 4.74 Å². The zero-order valence-corrected chi connectivity index (χ0v) is 20.0. The summed E-state index contributed by atoms with van der Waals surface area (Å²) in [6.45, 7) is 10.5. The number of hydrogen-bond acceptors (Lipinski definition) is 5. The third-order valence-electron chi connectivity index (χ3n) is 7.52. The molecule has 4 rings (SSSR count). The number of allylic oxidation sites excluding steroid dienone is 3. The largest absolute Gasteiger partial charge is 0.381 e. The summed E-state index contributed by atoms with van der Waals surface area (Å²) >= 11 is 0. The van der Waals surface area contributed by atoms with Crippen molar-refractivity contribution in [1.82, 2.24) is 14.8 Å². The lowest BCUT2D eigenvalue weighted by molar-refractivity contribution is -0.119. The molecule has 2 unspecified atom stereocenters. The third kappa shape index (κ3) is 5.53. The highest BCUT2D eigenvalue weighted by atomic mass is 19.1. The van der Waals surface area contributed by atoms with Crippen molar-refractivity contribution in [3.8, 4) is 0 Å². The number of piperazine rings is 1. The first-order chi connectivity index (χ1) is 16.0. The van der Waals surface area contributed by atoms with E-state index in [1.165, 1.54) is 5.57 Å². The van der Waals surface area contributed by atoms with Crippen LogP contribution in [0.25, 0.3) is 0 Å². The summed E-state index contributed by atoms with van der Waals surface area (Å²) in [4.78, 5) is 24.3. The highest BCUT2D eigenvalue weighted by Crippen LogP contribution is 2.32. The van der Waals surface area contributed by atoms with Gasteiger partial charge in [-0.15, -0.1) is 0 Å². The van der Waals surface area contributed by atoms with E-state index in [1.807, 2.05) is 43.0 Å². The Hall–Kier alpha value is -2.09. The summed E-state index contributed by atoms with van der Waals surface area (Å²) in [5.74, 6) is 0.771. The fourth-order valence-electron chi connectivity index (χ4n) is 5.26. The van der Waals surface area contributed by atoms with Crippen LogP contribution >= 0.6 is 0 Å². The summed E-state index contributed by atoms with van der Waals surface area (Å²) in [5, 5.41) is 0. The SMILES string of the molecule is CCC(=O)N(CC1(N2CCN(CC3=CC=CC(F)C3C)CC2)CCOCC1)c1ccccn1. The van der Waals surface area contributed by atoms with Gasteiger partial charge in [-0.25, -0.2) is 9.37 Å². The molecule has 0 aromatic carbocycles. The van der Waals surface area contributed by atoms with Gasteiger partial charge in [0.15, 0.2) is 0 Å². The second kappa shape index (κ2) is 10.9. The van der Waals surface area contributed by atoms with Gasteiger partial charge in [0.1, 0.15) is 12.0 Å². The van der Waals surface area contributed by atoms with Crippen molar-refractivity contribution < 1.29 is 13.9 Å². The smallest absolute Gasteiger partial charge is 0.227 e. The van der Waals surface area contributed by atoms with Crippen LogP contribution in [0.5, 0.6) is 0 Å². The van der Waals surface area contributed by atoms with Crippen LogP contribution < -0.4 is 4.90 Å². The number of nitrogens with zero attached hydrogens (tertiary/aromatic N) is 4. The molecule has 3 aliphatic rings. The molecule has 33 heavy (non-hydrogen) atoms. The van der Waals surface area contributed by atoms with Crippen molar-refractivity contribution in [2.24, 2.45) is 5.92 Å². The lowest BCUT2D eigenvalue weighted by Gasteiger charge is -2.51. The molecule has 0 radical (unpaired) electrons. The average Bonchev–Trinajstić information content (AvgIpc) is 2.86. The van der Waals surface area contributed by atoms with Crippen molar-refractivity contribution >= 4 is 11.7 Å². The first-order valence-electron chi connectivity index (χ1n) is 12.3. The quantitative estimate of drug-likeness (QED) is 0.629. The summed E-state index contributed by atoms with van der Waals surface area (Å²) in [7, 11) is 0. The summed E-state index contributed by atoms with van der Waals surface area (Å²) in [5.41, 5.74) is 1.06. The molecule has 1 aromatic rings. The van der Waals surface area contributed by atoms with E-state index in [2.05, 4.69) is 20.9 Å². The van der Waals surface area contributed by atoms with Gasteiger partial charge in [0, 0.05) is 76.6 Å². The standard InChI is InChI=1S/C26H37FN4O2/c1-3-25(32)31(24-9-4-5-12-28-24)20-26(10-17-33-18-11-26)30-15-13-29(14-16-30)19-22-7-6-8-23(27)21(22)2/h4-9,12,21,23H,3,10-11,13-20H2,1-2H3. The molecule has 2 aliphatic heterocycles. The predicted octanol–water partition coefficient (Wildman–Crippen LogP) is 3.46. The van der Waals surface area contributed by atoms with Gasteiger partial charge in [0.25, 0.3) is 0 Å². The minimum Gasteiger partial charge on any atom is -0.381 e. The molecule has 1 aliphatic carbocycles. The molecule has 2 fully saturated rings. The molecule has 2 saturated heterocycles. The molecule has 180 valence electrons. The number of halogens is 1. The maximum atomic E-state index is 14.1. The summed E-state index contributed by atoms with van der Waals surface area (Å²) < 4.78 is 19.8. The number of anilines is 1. The monoisotopic (exact) mass is 456 g/mol. The Labute approximate surface area is 197 Å². The van der Waals surface area contributed by atoms with Crippen LogP contribution in [-0.2, 0) is 9.53 Å². The number of hydrogen-bond donors (Lipinski definition) is 0. The number of carbonyl (C=O) groups is 1. The van der Waals surface area contributed by atoms with E-state index < -0.39 is 6.17 Å². The second-order valence-corrected chi connectivity index (χ2v) is 9.48. The number of amides is 1. The Morgan fingerprint density at radius 2 is 2.00 bits per heavy atom. The minimum atomic E-state index is -0.884. The highest BCUT2D eigenvalue weighted by Gasteiger charge is 2.42. The number of rotatable bonds is 7. The maximum absolute atomic E-state index is 14.1. The van der Waals surface area contributed by atoms with E-state index in [0.717, 1.165) is 51.4 Å². The first kappa shape index (κ1) is 24.0. The Morgan fingerprint density at radius 1 is 1.24 bits per heavy atom. The van der Waals surface area contributed by atoms with Crippen molar-refractivity contribution in [1.29, 1.82) is 0 Å². The first-order valence-corrected chi connectivity index (χ1v) is 12.3. The molecule has 7 heteroatoms. The summed E-state index contributed by atoms with van der Waals surface area (Å²) in [6.07, 6.45) is 8.70. The second-order valence-electron chi connectivity index (χ2n) is 9.48. The van der Waals surface area contributed by atoms with Gasteiger partial charge < -0.3 is 4.74 Å². The number of aromatic nitrogens is 1. The molecule has 1 aromatic heterocycles. The predicted molar refractivity (Wildman–Crippen MR) is 129 cm³/mol. The van der Waals surface area contributed by atoms with Crippen LogP contribution in [-0.4, -0.2) is 84.9 Å². The lowest BCUT2D eigenvalue weighted by Crippen LogP contribution is -2.63. The van der Waals surface area contributed by atoms with Crippen LogP contribution in [0.3, 0.4) is 0 Å². The van der Waals surface area contributed by atoms with Crippen molar-refractivity contribution in [2.75, 3.05) is 57.4 Å². The van der Waals surface area contributed by atoms with E-state index in [9.17, 15) is 9.18 Å².